The van der Waals surface area contributed by atoms with Gasteiger partial charge in [0, 0.05) is 25.7 Å². The Balaban J connectivity index is 1.78. The van der Waals surface area contributed by atoms with Crippen molar-refractivity contribution in [3.05, 3.63) is 33.8 Å². The van der Waals surface area contributed by atoms with Gasteiger partial charge in [0.05, 0.1) is 16.3 Å². The third-order valence-electron chi connectivity index (χ3n) is 4.95. The molecule has 4 nitrogen and oxygen atoms in total. The molecule has 1 aromatic carbocycles. The fourth-order valence-electron chi connectivity index (χ4n) is 3.74. The number of likely N-dealkylation sites (tertiary alicyclic amines) is 1. The minimum absolute atomic E-state index is 0.293. The van der Waals surface area contributed by atoms with Crippen molar-refractivity contribution >= 4 is 33.2 Å². The normalized spacial score (nSPS) is 26.9. The lowest BCUT2D eigenvalue weighted by Crippen LogP contribution is -2.40. The highest BCUT2D eigenvalue weighted by Gasteiger charge is 2.40. The summed E-state index contributed by atoms with van der Waals surface area (Å²) in [6.07, 6.45) is 4.74. The highest BCUT2D eigenvalue weighted by atomic mass is 35.5. The molecule has 2 saturated heterocycles. The van der Waals surface area contributed by atoms with E-state index in [1.165, 1.54) is 6.26 Å². The van der Waals surface area contributed by atoms with Crippen LogP contribution in [0.25, 0.3) is 0 Å². The van der Waals surface area contributed by atoms with Crippen LogP contribution in [0.2, 0.25) is 10.0 Å². The van der Waals surface area contributed by atoms with Crippen LogP contribution in [0.1, 0.15) is 24.8 Å². The van der Waals surface area contributed by atoms with Gasteiger partial charge in [-0.05, 0) is 43.0 Å². The summed E-state index contributed by atoms with van der Waals surface area (Å²) in [4.78, 5) is 2.42. The van der Waals surface area contributed by atoms with Gasteiger partial charge < -0.3 is 0 Å². The number of fused-ring (bicyclic) bond motifs is 1. The lowest BCUT2D eigenvalue weighted by atomic mass is 9.98. The summed E-state index contributed by atoms with van der Waals surface area (Å²) < 4.78 is 25.4. The van der Waals surface area contributed by atoms with Crippen molar-refractivity contribution in [2.45, 2.75) is 31.8 Å². The summed E-state index contributed by atoms with van der Waals surface area (Å²) in [6, 6.07) is 6.03. The minimum atomic E-state index is -3.11. The first kappa shape index (κ1) is 17.5. The summed E-state index contributed by atoms with van der Waals surface area (Å²) in [5.74, 6) is 0.426. The lowest BCUT2D eigenvalue weighted by molar-refractivity contribution is 0.176. The zero-order chi connectivity index (χ0) is 16.6. The molecule has 0 unspecified atom stereocenters. The van der Waals surface area contributed by atoms with E-state index in [-0.39, 0.29) is 0 Å². The van der Waals surface area contributed by atoms with Gasteiger partial charge in [0.1, 0.15) is 0 Å². The van der Waals surface area contributed by atoms with E-state index in [9.17, 15) is 8.42 Å². The number of hydrogen-bond acceptors (Lipinski definition) is 3. The van der Waals surface area contributed by atoms with E-state index in [0.29, 0.717) is 35.1 Å². The van der Waals surface area contributed by atoms with Crippen LogP contribution in [-0.4, -0.2) is 49.6 Å². The maximum atomic E-state index is 11.9. The molecule has 0 radical (unpaired) electrons. The molecule has 128 valence electrons. The predicted molar refractivity (Wildman–Crippen MR) is 94.4 cm³/mol. The molecule has 0 aromatic heterocycles. The van der Waals surface area contributed by atoms with Crippen LogP contribution in [0.4, 0.5) is 0 Å². The topological polar surface area (TPSA) is 40.6 Å². The van der Waals surface area contributed by atoms with Crippen LogP contribution < -0.4 is 0 Å². The van der Waals surface area contributed by atoms with Crippen molar-refractivity contribution in [1.82, 2.24) is 9.21 Å². The molecular formula is C16H22Cl2N2O2S. The van der Waals surface area contributed by atoms with Crippen LogP contribution in [0.3, 0.4) is 0 Å². The molecule has 7 heteroatoms. The quantitative estimate of drug-likeness (QED) is 0.812. The average Bonchev–Trinajstić information content (AvgIpc) is 2.82. The van der Waals surface area contributed by atoms with Gasteiger partial charge in [-0.2, -0.15) is 0 Å². The molecule has 2 aliphatic heterocycles. The highest BCUT2D eigenvalue weighted by molar-refractivity contribution is 7.88. The van der Waals surface area contributed by atoms with Gasteiger partial charge in [-0.25, -0.2) is 12.7 Å². The number of nitrogens with zero attached hydrogens (tertiary/aromatic N) is 2. The van der Waals surface area contributed by atoms with Gasteiger partial charge in [-0.15, -0.1) is 0 Å². The Morgan fingerprint density at radius 3 is 2.65 bits per heavy atom. The molecule has 3 rings (SSSR count). The summed E-state index contributed by atoms with van der Waals surface area (Å²) in [7, 11) is -3.11. The molecule has 2 atom stereocenters. The van der Waals surface area contributed by atoms with Gasteiger partial charge in [0.15, 0.2) is 0 Å². The molecule has 0 bridgehead atoms. The third kappa shape index (κ3) is 4.02. The molecule has 0 saturated carbocycles. The van der Waals surface area contributed by atoms with Crippen LogP contribution >= 0.6 is 23.2 Å². The highest BCUT2D eigenvalue weighted by Crippen LogP contribution is 2.32. The van der Waals surface area contributed by atoms with Crippen molar-refractivity contribution in [2.24, 2.45) is 5.92 Å². The Bertz CT molecular complexity index is 681. The second kappa shape index (κ2) is 6.89. The number of rotatable bonds is 3. The standard InChI is InChI=1S/C16H22Cl2N2O2S/c1-23(21,22)20-10-13-4-2-3-7-19(16(13)11-20)9-12-5-6-14(17)15(18)8-12/h5-6,8,13,16H,2-4,7,9-11H2,1H3/t13-,16+/m0/s1. The van der Waals surface area contributed by atoms with E-state index in [1.807, 2.05) is 18.2 Å². The maximum Gasteiger partial charge on any atom is 0.211 e. The van der Waals surface area contributed by atoms with Crippen molar-refractivity contribution in [1.29, 1.82) is 0 Å². The first-order chi connectivity index (χ1) is 10.8. The number of benzene rings is 1. The molecule has 2 fully saturated rings. The Labute approximate surface area is 148 Å². The van der Waals surface area contributed by atoms with Crippen molar-refractivity contribution in [3.8, 4) is 0 Å². The number of hydrogen-bond donors (Lipinski definition) is 0. The molecule has 2 aliphatic rings. The molecule has 1 aromatic rings. The smallest absolute Gasteiger partial charge is 0.211 e. The minimum Gasteiger partial charge on any atom is -0.294 e. The molecular weight excluding hydrogens is 355 g/mol. The average molecular weight is 377 g/mol. The second-order valence-corrected chi connectivity index (χ2v) is 9.42. The Morgan fingerprint density at radius 1 is 1.17 bits per heavy atom. The van der Waals surface area contributed by atoms with Gasteiger partial charge in [-0.1, -0.05) is 35.7 Å². The van der Waals surface area contributed by atoms with E-state index in [0.717, 1.165) is 37.9 Å². The Morgan fingerprint density at radius 2 is 1.96 bits per heavy atom. The van der Waals surface area contributed by atoms with Gasteiger partial charge in [0.25, 0.3) is 0 Å². The maximum absolute atomic E-state index is 11.9. The van der Waals surface area contributed by atoms with Gasteiger partial charge in [-0.3, -0.25) is 4.90 Å². The Hall–Kier alpha value is -0.330. The van der Waals surface area contributed by atoms with Gasteiger partial charge >= 0.3 is 0 Å². The SMILES string of the molecule is CS(=O)(=O)N1C[C@@H]2CCCCN(Cc3ccc(Cl)c(Cl)c3)[C@@H]2C1. The van der Waals surface area contributed by atoms with E-state index in [4.69, 9.17) is 23.2 Å². The molecule has 2 heterocycles. The van der Waals surface area contributed by atoms with Crippen LogP contribution in [0.5, 0.6) is 0 Å². The van der Waals surface area contributed by atoms with Crippen LogP contribution in [0, 0.1) is 5.92 Å². The van der Waals surface area contributed by atoms with Crippen molar-refractivity contribution < 1.29 is 8.42 Å². The Kier molecular flexibility index (Phi) is 5.24. The van der Waals surface area contributed by atoms with Crippen molar-refractivity contribution in [2.75, 3.05) is 25.9 Å². The summed E-state index contributed by atoms with van der Waals surface area (Å²) in [5, 5.41) is 1.13. The molecule has 0 aliphatic carbocycles. The largest absolute Gasteiger partial charge is 0.294 e. The van der Waals surface area contributed by atoms with E-state index < -0.39 is 10.0 Å². The van der Waals surface area contributed by atoms with E-state index >= 15 is 0 Å². The summed E-state index contributed by atoms with van der Waals surface area (Å²) in [5.41, 5.74) is 1.12. The number of sulfonamides is 1. The first-order valence-electron chi connectivity index (χ1n) is 7.97. The fourth-order valence-corrected chi connectivity index (χ4v) is 4.95. The summed E-state index contributed by atoms with van der Waals surface area (Å²) >= 11 is 12.1. The van der Waals surface area contributed by atoms with Crippen LogP contribution in [-0.2, 0) is 16.6 Å². The molecule has 23 heavy (non-hydrogen) atoms. The lowest BCUT2D eigenvalue weighted by Gasteiger charge is -2.30. The third-order valence-corrected chi connectivity index (χ3v) is 6.93. The first-order valence-corrected chi connectivity index (χ1v) is 10.6. The summed E-state index contributed by atoms with van der Waals surface area (Å²) in [6.45, 7) is 3.04. The van der Waals surface area contributed by atoms with E-state index in [1.54, 1.807) is 4.31 Å². The van der Waals surface area contributed by atoms with Crippen molar-refractivity contribution in [3.63, 3.8) is 0 Å². The molecule has 0 N–H and O–H groups in total. The van der Waals surface area contributed by atoms with Gasteiger partial charge in [0.2, 0.25) is 10.0 Å². The second-order valence-electron chi connectivity index (χ2n) is 6.62. The monoisotopic (exact) mass is 376 g/mol. The zero-order valence-electron chi connectivity index (χ0n) is 13.2. The van der Waals surface area contributed by atoms with Crippen LogP contribution in [0.15, 0.2) is 18.2 Å². The van der Waals surface area contributed by atoms with E-state index in [2.05, 4.69) is 4.90 Å². The zero-order valence-corrected chi connectivity index (χ0v) is 15.5. The predicted octanol–water partition coefficient (Wildman–Crippen LogP) is 3.24. The number of halogens is 2. The molecule has 0 spiro atoms. The molecule has 0 amide bonds. The fraction of sp³-hybridized carbons (Fsp3) is 0.625.